The Balaban J connectivity index is 2.03. The maximum atomic E-state index is 12.5. The van der Waals surface area contributed by atoms with E-state index in [0.717, 1.165) is 15.8 Å². The zero-order chi connectivity index (χ0) is 16.6. The van der Waals surface area contributed by atoms with Crippen molar-refractivity contribution in [2.45, 2.75) is 0 Å². The van der Waals surface area contributed by atoms with Crippen LogP contribution in [0.3, 0.4) is 0 Å². The van der Waals surface area contributed by atoms with Crippen LogP contribution in [0.4, 0.5) is 17.2 Å². The Morgan fingerprint density at radius 2 is 2.09 bits per heavy atom. The van der Waals surface area contributed by atoms with Crippen LogP contribution < -0.4 is 16.8 Å². The lowest BCUT2D eigenvalue weighted by Gasteiger charge is -2.06. The summed E-state index contributed by atoms with van der Waals surface area (Å²) in [6.07, 6.45) is 0. The van der Waals surface area contributed by atoms with Crippen LogP contribution >= 0.6 is 27.3 Å². The number of nitrogens with zero attached hydrogens (tertiary/aromatic N) is 2. The number of nitriles is 1. The number of pyridine rings is 1. The molecule has 0 bridgehead atoms. The maximum absolute atomic E-state index is 12.5. The van der Waals surface area contributed by atoms with E-state index in [1.54, 1.807) is 12.1 Å². The van der Waals surface area contributed by atoms with Crippen molar-refractivity contribution in [1.29, 1.82) is 5.26 Å². The summed E-state index contributed by atoms with van der Waals surface area (Å²) in [6.45, 7) is 0. The third-order valence-electron chi connectivity index (χ3n) is 3.20. The fourth-order valence-corrected chi connectivity index (χ4v) is 3.42. The van der Waals surface area contributed by atoms with Crippen molar-refractivity contribution >= 4 is 60.6 Å². The zero-order valence-corrected chi connectivity index (χ0v) is 14.0. The van der Waals surface area contributed by atoms with Crippen molar-refractivity contribution in [3.63, 3.8) is 0 Å². The summed E-state index contributed by atoms with van der Waals surface area (Å²) < 4.78 is 0.766. The average Bonchev–Trinajstić information content (AvgIpc) is 2.85. The highest BCUT2D eigenvalue weighted by Gasteiger charge is 2.19. The van der Waals surface area contributed by atoms with E-state index in [2.05, 4.69) is 26.2 Å². The minimum atomic E-state index is -0.338. The second-order valence-electron chi connectivity index (χ2n) is 4.66. The molecule has 0 aliphatic carbocycles. The predicted octanol–water partition coefficient (Wildman–Crippen LogP) is 3.35. The summed E-state index contributed by atoms with van der Waals surface area (Å²) in [5, 5.41) is 12.4. The number of rotatable bonds is 2. The third-order valence-corrected chi connectivity index (χ3v) is 5.00. The van der Waals surface area contributed by atoms with Gasteiger partial charge in [-0.3, -0.25) is 4.79 Å². The first kappa shape index (κ1) is 15.3. The quantitative estimate of drug-likeness (QED) is 0.622. The van der Waals surface area contributed by atoms with Gasteiger partial charge >= 0.3 is 0 Å². The number of halogens is 1. The van der Waals surface area contributed by atoms with Crippen LogP contribution in [0.2, 0.25) is 0 Å². The lowest BCUT2D eigenvalue weighted by atomic mass is 10.2. The molecule has 1 aromatic carbocycles. The first-order valence-corrected chi connectivity index (χ1v) is 8.06. The van der Waals surface area contributed by atoms with E-state index < -0.39 is 0 Å². The van der Waals surface area contributed by atoms with Gasteiger partial charge in [0.25, 0.3) is 5.91 Å². The van der Waals surface area contributed by atoms with E-state index in [-0.39, 0.29) is 17.3 Å². The first-order chi connectivity index (χ1) is 11.0. The van der Waals surface area contributed by atoms with Gasteiger partial charge in [-0.1, -0.05) is 12.1 Å². The number of carbonyl (C=O) groups is 1. The molecule has 6 nitrogen and oxygen atoms in total. The Morgan fingerprint density at radius 3 is 2.78 bits per heavy atom. The number of anilines is 3. The molecule has 0 unspecified atom stereocenters. The standard InChI is InChI=1S/C15H10BrN5OS/c16-9-3-1-2-4-10(9)20-14(22)12-11(18)8-5-7(6-17)13(19)21-15(8)23-12/h1-5H,18H2,(H2,19,21)(H,20,22). The van der Waals surface area contributed by atoms with Gasteiger partial charge < -0.3 is 16.8 Å². The largest absolute Gasteiger partial charge is 0.397 e. The van der Waals surface area contributed by atoms with Crippen molar-refractivity contribution in [1.82, 2.24) is 4.98 Å². The van der Waals surface area contributed by atoms with Gasteiger partial charge in [-0.25, -0.2) is 4.98 Å². The number of fused-ring (bicyclic) bond motifs is 1. The van der Waals surface area contributed by atoms with Crippen molar-refractivity contribution in [2.75, 3.05) is 16.8 Å². The fraction of sp³-hybridized carbons (Fsp3) is 0. The highest BCUT2D eigenvalue weighted by Crippen LogP contribution is 2.35. The molecule has 0 saturated carbocycles. The number of thiophene rings is 1. The zero-order valence-electron chi connectivity index (χ0n) is 11.6. The van der Waals surface area contributed by atoms with Gasteiger partial charge in [0.05, 0.1) is 16.9 Å². The number of nitrogen functional groups attached to an aromatic ring is 2. The molecule has 2 heterocycles. The van der Waals surface area contributed by atoms with E-state index in [1.807, 2.05) is 24.3 Å². The Hall–Kier alpha value is -2.63. The summed E-state index contributed by atoms with van der Waals surface area (Å²) in [5.74, 6) is -0.214. The molecule has 0 saturated heterocycles. The maximum Gasteiger partial charge on any atom is 0.267 e. The summed E-state index contributed by atoms with van der Waals surface area (Å²) in [5.41, 5.74) is 12.9. The average molecular weight is 388 g/mol. The Labute approximate surface area is 143 Å². The molecule has 114 valence electrons. The molecule has 3 rings (SSSR count). The lowest BCUT2D eigenvalue weighted by Crippen LogP contribution is -2.12. The predicted molar refractivity (Wildman–Crippen MR) is 95.3 cm³/mol. The molecule has 0 spiro atoms. The number of benzene rings is 1. The fourth-order valence-electron chi connectivity index (χ4n) is 2.05. The van der Waals surface area contributed by atoms with Crippen LogP contribution in [0.25, 0.3) is 10.2 Å². The monoisotopic (exact) mass is 387 g/mol. The minimum absolute atomic E-state index is 0.124. The Morgan fingerprint density at radius 1 is 1.35 bits per heavy atom. The van der Waals surface area contributed by atoms with E-state index in [9.17, 15) is 4.79 Å². The number of para-hydroxylation sites is 1. The Bertz CT molecular complexity index is 976. The number of hydrogen-bond donors (Lipinski definition) is 3. The van der Waals surface area contributed by atoms with Crippen LogP contribution in [0, 0.1) is 11.3 Å². The molecule has 2 aromatic heterocycles. The van der Waals surface area contributed by atoms with Crippen molar-refractivity contribution in [2.24, 2.45) is 0 Å². The van der Waals surface area contributed by atoms with E-state index >= 15 is 0 Å². The molecular weight excluding hydrogens is 378 g/mol. The van der Waals surface area contributed by atoms with E-state index in [4.69, 9.17) is 16.7 Å². The van der Waals surface area contributed by atoms with Gasteiger partial charge in [0.15, 0.2) is 0 Å². The van der Waals surface area contributed by atoms with E-state index in [1.165, 1.54) is 0 Å². The van der Waals surface area contributed by atoms with Crippen molar-refractivity contribution < 1.29 is 4.79 Å². The van der Waals surface area contributed by atoms with Gasteiger partial charge in [-0.15, -0.1) is 11.3 Å². The number of hydrogen-bond acceptors (Lipinski definition) is 6. The molecule has 0 atom stereocenters. The van der Waals surface area contributed by atoms with E-state index in [0.29, 0.717) is 26.5 Å². The molecule has 0 aliphatic rings. The molecular formula is C15H10BrN5OS. The van der Waals surface area contributed by atoms with Crippen LogP contribution in [0.15, 0.2) is 34.8 Å². The van der Waals surface area contributed by atoms with Gasteiger partial charge in [0.1, 0.15) is 21.6 Å². The summed E-state index contributed by atoms with van der Waals surface area (Å²) in [4.78, 5) is 17.5. The van der Waals surface area contributed by atoms with Gasteiger partial charge in [0.2, 0.25) is 0 Å². The number of nitrogens with one attached hydrogen (secondary N) is 1. The normalized spacial score (nSPS) is 10.4. The molecule has 23 heavy (non-hydrogen) atoms. The highest BCUT2D eigenvalue weighted by molar-refractivity contribution is 9.10. The molecule has 0 radical (unpaired) electrons. The van der Waals surface area contributed by atoms with Crippen LogP contribution in [0.1, 0.15) is 15.2 Å². The second kappa shape index (κ2) is 5.87. The molecule has 0 fully saturated rings. The highest BCUT2D eigenvalue weighted by atomic mass is 79.9. The van der Waals surface area contributed by atoms with Crippen LogP contribution in [-0.2, 0) is 0 Å². The van der Waals surface area contributed by atoms with Crippen molar-refractivity contribution in [3.8, 4) is 6.07 Å². The van der Waals surface area contributed by atoms with Gasteiger partial charge in [0, 0.05) is 9.86 Å². The molecule has 8 heteroatoms. The van der Waals surface area contributed by atoms with Crippen LogP contribution in [0.5, 0.6) is 0 Å². The Kier molecular flexibility index (Phi) is 3.90. The summed E-state index contributed by atoms with van der Waals surface area (Å²) >= 11 is 4.51. The van der Waals surface area contributed by atoms with Crippen LogP contribution in [-0.4, -0.2) is 10.9 Å². The van der Waals surface area contributed by atoms with Crippen molar-refractivity contribution in [3.05, 3.63) is 45.2 Å². The number of carbonyl (C=O) groups excluding carboxylic acids is 1. The summed E-state index contributed by atoms with van der Waals surface area (Å²) in [7, 11) is 0. The topological polar surface area (TPSA) is 118 Å². The lowest BCUT2D eigenvalue weighted by molar-refractivity contribution is 0.103. The number of amides is 1. The molecule has 3 aromatic rings. The number of aromatic nitrogens is 1. The first-order valence-electron chi connectivity index (χ1n) is 6.45. The van der Waals surface area contributed by atoms with Gasteiger partial charge in [-0.2, -0.15) is 5.26 Å². The molecule has 5 N–H and O–H groups in total. The smallest absolute Gasteiger partial charge is 0.267 e. The SMILES string of the molecule is N#Cc1cc2c(N)c(C(=O)Nc3ccccc3Br)sc2nc1N. The van der Waals surface area contributed by atoms with Gasteiger partial charge in [-0.05, 0) is 34.1 Å². The molecule has 0 aliphatic heterocycles. The second-order valence-corrected chi connectivity index (χ2v) is 6.52. The summed E-state index contributed by atoms with van der Waals surface area (Å²) in [6, 6.07) is 10.8. The minimum Gasteiger partial charge on any atom is -0.397 e. The third kappa shape index (κ3) is 2.72. The number of nitrogens with two attached hydrogens (primary N) is 2. The molecule has 1 amide bonds.